The zero-order valence-electron chi connectivity index (χ0n) is 14.6. The van der Waals surface area contributed by atoms with Crippen LogP contribution < -0.4 is 15.4 Å². The summed E-state index contributed by atoms with van der Waals surface area (Å²) in [5.41, 5.74) is 1.25. The lowest BCUT2D eigenvalue weighted by Crippen LogP contribution is -2.45. The number of amides is 1. The van der Waals surface area contributed by atoms with Gasteiger partial charge in [-0.15, -0.1) is 0 Å². The molecule has 0 aliphatic carbocycles. The van der Waals surface area contributed by atoms with Crippen molar-refractivity contribution >= 4 is 5.91 Å². The van der Waals surface area contributed by atoms with Gasteiger partial charge in [0.05, 0.1) is 19.2 Å². The normalized spacial score (nSPS) is 23.0. The van der Waals surface area contributed by atoms with E-state index >= 15 is 0 Å². The summed E-state index contributed by atoms with van der Waals surface area (Å²) in [6.45, 7) is 3.83. The van der Waals surface area contributed by atoms with Crippen LogP contribution in [0.1, 0.15) is 43.7 Å². The van der Waals surface area contributed by atoms with Gasteiger partial charge in [-0.1, -0.05) is 18.6 Å². The summed E-state index contributed by atoms with van der Waals surface area (Å²) in [4.78, 5) is 14.9. The lowest BCUT2D eigenvalue weighted by atomic mass is 10.0. The Morgan fingerprint density at radius 3 is 2.62 bits per heavy atom. The molecule has 2 aliphatic heterocycles. The maximum absolute atomic E-state index is 12.4. The molecule has 24 heavy (non-hydrogen) atoms. The molecule has 5 heteroatoms. The van der Waals surface area contributed by atoms with E-state index in [-0.39, 0.29) is 18.0 Å². The molecular formula is C19H29N3O2. The number of hydrogen-bond donors (Lipinski definition) is 2. The maximum atomic E-state index is 12.4. The van der Waals surface area contributed by atoms with Gasteiger partial charge < -0.3 is 15.4 Å². The zero-order valence-corrected chi connectivity index (χ0v) is 14.6. The molecule has 2 N–H and O–H groups in total. The highest BCUT2D eigenvalue weighted by Crippen LogP contribution is 2.26. The van der Waals surface area contributed by atoms with Crippen LogP contribution >= 0.6 is 0 Å². The number of rotatable bonds is 6. The Balaban J connectivity index is 1.67. The topological polar surface area (TPSA) is 53.6 Å². The Kier molecular flexibility index (Phi) is 6.10. The van der Waals surface area contributed by atoms with E-state index in [0.717, 1.165) is 38.2 Å². The fraction of sp³-hybridized carbons (Fsp3) is 0.632. The number of carbonyl (C=O) groups is 1. The van der Waals surface area contributed by atoms with Gasteiger partial charge in [-0.05, 0) is 63.0 Å². The third kappa shape index (κ3) is 4.28. The van der Waals surface area contributed by atoms with Crippen LogP contribution in [0.25, 0.3) is 0 Å². The number of nitrogens with zero attached hydrogens (tertiary/aromatic N) is 1. The second-order valence-corrected chi connectivity index (χ2v) is 6.78. The second-order valence-electron chi connectivity index (χ2n) is 6.78. The van der Waals surface area contributed by atoms with Gasteiger partial charge in [-0.2, -0.15) is 0 Å². The van der Waals surface area contributed by atoms with Crippen molar-refractivity contribution in [1.29, 1.82) is 0 Å². The summed E-state index contributed by atoms with van der Waals surface area (Å²) in [5, 5.41) is 6.45. The second kappa shape index (κ2) is 8.49. The van der Waals surface area contributed by atoms with Gasteiger partial charge in [-0.25, -0.2) is 0 Å². The molecule has 2 atom stereocenters. The number of piperidine rings is 1. The fourth-order valence-corrected chi connectivity index (χ4v) is 3.74. The van der Waals surface area contributed by atoms with E-state index in [1.54, 1.807) is 7.11 Å². The number of hydrogen-bond acceptors (Lipinski definition) is 4. The summed E-state index contributed by atoms with van der Waals surface area (Å²) in [6.07, 6.45) is 5.83. The molecule has 1 aromatic carbocycles. The van der Waals surface area contributed by atoms with E-state index in [1.165, 1.54) is 24.8 Å². The Bertz CT molecular complexity index is 520. The van der Waals surface area contributed by atoms with Gasteiger partial charge in [-0.3, -0.25) is 9.69 Å². The van der Waals surface area contributed by atoms with Gasteiger partial charge >= 0.3 is 0 Å². The van der Waals surface area contributed by atoms with Crippen molar-refractivity contribution in [3.05, 3.63) is 29.8 Å². The summed E-state index contributed by atoms with van der Waals surface area (Å²) in [6, 6.07) is 8.49. The van der Waals surface area contributed by atoms with Gasteiger partial charge in [0, 0.05) is 6.54 Å². The molecule has 2 heterocycles. The van der Waals surface area contributed by atoms with E-state index in [2.05, 4.69) is 27.7 Å². The highest BCUT2D eigenvalue weighted by Gasteiger charge is 2.26. The van der Waals surface area contributed by atoms with Crippen molar-refractivity contribution in [1.82, 2.24) is 15.5 Å². The zero-order chi connectivity index (χ0) is 16.8. The average molecular weight is 331 g/mol. The molecule has 2 fully saturated rings. The Morgan fingerprint density at radius 1 is 1.25 bits per heavy atom. The van der Waals surface area contributed by atoms with E-state index in [4.69, 9.17) is 4.74 Å². The van der Waals surface area contributed by atoms with Crippen molar-refractivity contribution in [2.24, 2.45) is 0 Å². The van der Waals surface area contributed by atoms with Crippen LogP contribution in [0.2, 0.25) is 0 Å². The van der Waals surface area contributed by atoms with Crippen LogP contribution in [0.3, 0.4) is 0 Å². The van der Waals surface area contributed by atoms with Crippen molar-refractivity contribution in [2.45, 2.75) is 44.2 Å². The third-order valence-electron chi connectivity index (χ3n) is 5.18. The molecule has 2 saturated heterocycles. The summed E-state index contributed by atoms with van der Waals surface area (Å²) in [7, 11) is 1.69. The van der Waals surface area contributed by atoms with Gasteiger partial charge in [0.15, 0.2) is 0 Å². The first kappa shape index (κ1) is 17.2. The minimum Gasteiger partial charge on any atom is -0.497 e. The van der Waals surface area contributed by atoms with Crippen LogP contribution in [0.4, 0.5) is 0 Å². The van der Waals surface area contributed by atoms with Crippen LogP contribution in [0.15, 0.2) is 24.3 Å². The molecule has 2 aliphatic rings. The molecule has 0 bridgehead atoms. The number of nitrogens with one attached hydrogen (secondary N) is 2. The van der Waals surface area contributed by atoms with E-state index in [1.807, 2.05) is 12.1 Å². The average Bonchev–Trinajstić information content (AvgIpc) is 3.18. The molecule has 0 saturated carbocycles. The standard InChI is InChI=1S/C19H29N3O2/c1-24-16-9-7-15(8-10-16)18(22-12-3-2-4-13-22)14-21-19(23)17-6-5-11-20-17/h7-10,17-18,20H,2-6,11-14H2,1H3,(H,21,23). The van der Waals surface area contributed by atoms with Crippen molar-refractivity contribution < 1.29 is 9.53 Å². The molecule has 2 unspecified atom stereocenters. The number of likely N-dealkylation sites (tertiary alicyclic amines) is 1. The van der Waals surface area contributed by atoms with Crippen LogP contribution in [-0.4, -0.2) is 50.1 Å². The summed E-state index contributed by atoms with van der Waals surface area (Å²) in [5.74, 6) is 1.01. The lowest BCUT2D eigenvalue weighted by Gasteiger charge is -2.35. The summed E-state index contributed by atoms with van der Waals surface area (Å²) >= 11 is 0. The molecular weight excluding hydrogens is 302 g/mol. The Morgan fingerprint density at radius 2 is 2.00 bits per heavy atom. The first-order chi connectivity index (χ1) is 11.8. The fourth-order valence-electron chi connectivity index (χ4n) is 3.74. The Hall–Kier alpha value is -1.59. The molecule has 1 aromatic rings. The van der Waals surface area contributed by atoms with Gasteiger partial charge in [0.25, 0.3) is 0 Å². The van der Waals surface area contributed by atoms with Crippen LogP contribution in [0, 0.1) is 0 Å². The lowest BCUT2D eigenvalue weighted by molar-refractivity contribution is -0.123. The van der Waals surface area contributed by atoms with E-state index < -0.39 is 0 Å². The highest BCUT2D eigenvalue weighted by molar-refractivity contribution is 5.82. The number of ether oxygens (including phenoxy) is 1. The van der Waals surface area contributed by atoms with Crippen molar-refractivity contribution in [2.75, 3.05) is 33.3 Å². The van der Waals surface area contributed by atoms with Crippen LogP contribution in [0.5, 0.6) is 5.75 Å². The highest BCUT2D eigenvalue weighted by atomic mass is 16.5. The molecule has 3 rings (SSSR count). The first-order valence-electron chi connectivity index (χ1n) is 9.17. The Labute approximate surface area is 144 Å². The molecule has 0 aromatic heterocycles. The quantitative estimate of drug-likeness (QED) is 0.838. The van der Waals surface area contributed by atoms with E-state index in [9.17, 15) is 4.79 Å². The molecule has 0 radical (unpaired) electrons. The molecule has 5 nitrogen and oxygen atoms in total. The minimum absolute atomic E-state index is 0.0112. The third-order valence-corrected chi connectivity index (χ3v) is 5.18. The maximum Gasteiger partial charge on any atom is 0.237 e. The largest absolute Gasteiger partial charge is 0.497 e. The number of methoxy groups -OCH3 is 1. The monoisotopic (exact) mass is 331 g/mol. The molecule has 1 amide bonds. The number of benzene rings is 1. The van der Waals surface area contributed by atoms with E-state index in [0.29, 0.717) is 6.54 Å². The van der Waals surface area contributed by atoms with Crippen molar-refractivity contribution in [3.63, 3.8) is 0 Å². The van der Waals surface area contributed by atoms with Crippen LogP contribution in [-0.2, 0) is 4.79 Å². The first-order valence-corrected chi connectivity index (χ1v) is 9.17. The van der Waals surface area contributed by atoms with Gasteiger partial charge in [0.2, 0.25) is 5.91 Å². The number of carbonyl (C=O) groups excluding carboxylic acids is 1. The minimum atomic E-state index is -0.0112. The predicted molar refractivity (Wildman–Crippen MR) is 95.2 cm³/mol. The summed E-state index contributed by atoms with van der Waals surface area (Å²) < 4.78 is 5.27. The van der Waals surface area contributed by atoms with Gasteiger partial charge in [0.1, 0.15) is 5.75 Å². The predicted octanol–water partition coefficient (Wildman–Crippen LogP) is 2.09. The smallest absolute Gasteiger partial charge is 0.237 e. The molecule has 132 valence electrons. The molecule has 0 spiro atoms. The SMILES string of the molecule is COc1ccc(C(CNC(=O)C2CCCN2)N2CCCCC2)cc1. The van der Waals surface area contributed by atoms with Crippen molar-refractivity contribution in [3.8, 4) is 5.75 Å².